The molecule has 2 N–H and O–H groups in total. The molecule has 1 unspecified atom stereocenters. The first-order valence-electron chi connectivity index (χ1n) is 6.76. The number of fused-ring (bicyclic) bond motifs is 1. The highest BCUT2D eigenvalue weighted by molar-refractivity contribution is 7.19. The third-order valence-corrected chi connectivity index (χ3v) is 4.70. The number of hydrogen-bond donors (Lipinski definition) is 1. The van der Waals surface area contributed by atoms with Crippen LogP contribution in [0, 0.1) is 5.41 Å². The van der Waals surface area contributed by atoms with Gasteiger partial charge in [0.05, 0.1) is 15.9 Å². The Kier molecular flexibility index (Phi) is 3.22. The summed E-state index contributed by atoms with van der Waals surface area (Å²) in [4.78, 5) is 4.61. The summed E-state index contributed by atoms with van der Waals surface area (Å²) in [6.45, 7) is 4.32. The van der Waals surface area contributed by atoms with Gasteiger partial charge in [0.25, 0.3) is 0 Å². The molecule has 2 nitrogen and oxygen atoms in total. The van der Waals surface area contributed by atoms with E-state index in [1.807, 2.05) is 18.2 Å². The van der Waals surface area contributed by atoms with Gasteiger partial charge in [-0.1, -0.05) is 42.9 Å². The number of benzene rings is 1. The fraction of sp³-hybridized carbons (Fsp3) is 0.235. The van der Waals surface area contributed by atoms with Crippen molar-refractivity contribution in [1.82, 2.24) is 4.98 Å². The van der Waals surface area contributed by atoms with Crippen molar-refractivity contribution in [3.8, 4) is 0 Å². The van der Waals surface area contributed by atoms with E-state index in [4.69, 9.17) is 5.73 Å². The van der Waals surface area contributed by atoms with Gasteiger partial charge in [-0.3, -0.25) is 0 Å². The summed E-state index contributed by atoms with van der Waals surface area (Å²) in [6, 6.07) is 8.14. The van der Waals surface area contributed by atoms with Crippen molar-refractivity contribution in [1.29, 1.82) is 0 Å². The maximum Gasteiger partial charge on any atom is 0.140 e. The smallest absolute Gasteiger partial charge is 0.140 e. The van der Waals surface area contributed by atoms with E-state index in [-0.39, 0.29) is 5.41 Å². The van der Waals surface area contributed by atoms with Crippen molar-refractivity contribution in [3.63, 3.8) is 0 Å². The molecule has 1 atom stereocenters. The molecular formula is C17H18N2S. The normalized spacial score (nSPS) is 23.1. The van der Waals surface area contributed by atoms with E-state index in [1.54, 1.807) is 11.3 Å². The Morgan fingerprint density at radius 3 is 2.90 bits per heavy atom. The minimum absolute atomic E-state index is 0.0125. The minimum Gasteiger partial charge on any atom is -0.397 e. The van der Waals surface area contributed by atoms with Crippen LogP contribution in [0.4, 0.5) is 0 Å². The molecule has 3 rings (SSSR count). The van der Waals surface area contributed by atoms with Gasteiger partial charge in [0.15, 0.2) is 0 Å². The van der Waals surface area contributed by atoms with Crippen LogP contribution in [-0.2, 0) is 0 Å². The molecule has 2 aromatic rings. The molecule has 0 spiro atoms. The van der Waals surface area contributed by atoms with E-state index in [0.717, 1.165) is 22.6 Å². The van der Waals surface area contributed by atoms with Gasteiger partial charge in [0.2, 0.25) is 0 Å². The van der Waals surface area contributed by atoms with E-state index in [9.17, 15) is 0 Å². The molecular weight excluding hydrogens is 264 g/mol. The van der Waals surface area contributed by atoms with Crippen LogP contribution in [0.2, 0.25) is 0 Å². The van der Waals surface area contributed by atoms with Gasteiger partial charge in [-0.15, -0.1) is 11.3 Å². The summed E-state index contributed by atoms with van der Waals surface area (Å²) in [5.74, 6) is 0. The maximum atomic E-state index is 6.26. The summed E-state index contributed by atoms with van der Waals surface area (Å²) >= 11 is 1.65. The third kappa shape index (κ3) is 2.54. The topological polar surface area (TPSA) is 38.9 Å². The number of rotatable bonds is 2. The van der Waals surface area contributed by atoms with Gasteiger partial charge >= 0.3 is 0 Å². The first kappa shape index (κ1) is 13.1. The van der Waals surface area contributed by atoms with Crippen molar-refractivity contribution >= 4 is 27.3 Å². The van der Waals surface area contributed by atoms with Crippen molar-refractivity contribution in [2.75, 3.05) is 0 Å². The van der Waals surface area contributed by atoms with Gasteiger partial charge < -0.3 is 5.73 Å². The second-order valence-corrected chi connectivity index (χ2v) is 6.61. The van der Waals surface area contributed by atoms with Gasteiger partial charge in [-0.05, 0) is 31.6 Å². The molecule has 1 aromatic heterocycles. The van der Waals surface area contributed by atoms with Crippen molar-refractivity contribution in [3.05, 3.63) is 59.2 Å². The van der Waals surface area contributed by atoms with Gasteiger partial charge in [-0.2, -0.15) is 0 Å². The van der Waals surface area contributed by atoms with Crippen LogP contribution in [0.25, 0.3) is 15.9 Å². The predicted molar refractivity (Wildman–Crippen MR) is 87.4 cm³/mol. The van der Waals surface area contributed by atoms with Crippen molar-refractivity contribution in [2.45, 2.75) is 20.3 Å². The monoisotopic (exact) mass is 282 g/mol. The van der Waals surface area contributed by atoms with E-state index in [0.29, 0.717) is 0 Å². The molecule has 1 aliphatic rings. The second-order valence-electron chi connectivity index (χ2n) is 5.58. The lowest BCUT2D eigenvalue weighted by Gasteiger charge is -2.24. The molecule has 1 heterocycles. The van der Waals surface area contributed by atoms with E-state index >= 15 is 0 Å². The average molecular weight is 282 g/mol. The molecule has 0 radical (unpaired) electrons. The van der Waals surface area contributed by atoms with Crippen LogP contribution in [0.5, 0.6) is 0 Å². The second kappa shape index (κ2) is 4.91. The molecule has 1 aliphatic carbocycles. The average Bonchev–Trinajstić information content (AvgIpc) is 2.86. The third-order valence-electron chi connectivity index (χ3n) is 3.62. The molecule has 0 saturated carbocycles. The predicted octanol–water partition coefficient (Wildman–Crippen LogP) is 4.51. The summed E-state index contributed by atoms with van der Waals surface area (Å²) in [5.41, 5.74) is 9.35. The zero-order valence-corrected chi connectivity index (χ0v) is 12.6. The van der Waals surface area contributed by atoms with Gasteiger partial charge in [-0.25, -0.2) is 4.98 Å². The highest BCUT2D eigenvalue weighted by atomic mass is 32.1. The lowest BCUT2D eigenvalue weighted by atomic mass is 9.81. The van der Waals surface area contributed by atoms with Crippen LogP contribution in [0.3, 0.4) is 0 Å². The highest BCUT2D eigenvalue weighted by Gasteiger charge is 2.20. The van der Waals surface area contributed by atoms with E-state index in [2.05, 4.69) is 49.2 Å². The maximum absolute atomic E-state index is 6.26. The standard InChI is InChI=1S/C17H18N2S/c1-12-7-9-17(2,10-8-12)11-13(18)16-19-14-5-3-4-6-15(14)20-16/h3-9,11H,10,18H2,1-2H3. The van der Waals surface area contributed by atoms with Crippen LogP contribution in [-0.4, -0.2) is 4.98 Å². The van der Waals surface area contributed by atoms with Crippen LogP contribution in [0.1, 0.15) is 25.3 Å². The minimum atomic E-state index is -0.0125. The highest BCUT2D eigenvalue weighted by Crippen LogP contribution is 2.34. The molecule has 20 heavy (non-hydrogen) atoms. The largest absolute Gasteiger partial charge is 0.397 e. The number of allylic oxidation sites excluding steroid dienone is 5. The number of para-hydroxylation sites is 1. The fourth-order valence-corrected chi connectivity index (χ4v) is 3.25. The molecule has 0 amide bonds. The first-order chi connectivity index (χ1) is 9.56. The number of aromatic nitrogens is 1. The SMILES string of the molecule is CC1=CCC(C)(C=C(N)c2nc3ccccc3s2)C=C1. The molecule has 0 bridgehead atoms. The zero-order valence-electron chi connectivity index (χ0n) is 11.8. The van der Waals surface area contributed by atoms with E-state index in [1.165, 1.54) is 10.3 Å². The fourth-order valence-electron chi connectivity index (χ4n) is 2.36. The lowest BCUT2D eigenvalue weighted by molar-refractivity contribution is 0.554. The Morgan fingerprint density at radius 1 is 1.40 bits per heavy atom. The zero-order chi connectivity index (χ0) is 14.2. The summed E-state index contributed by atoms with van der Waals surface area (Å²) in [5, 5.41) is 0.909. The molecule has 1 aromatic carbocycles. The number of nitrogens with two attached hydrogens (primary N) is 1. The summed E-state index contributed by atoms with van der Waals surface area (Å²) in [7, 11) is 0. The Morgan fingerprint density at radius 2 is 2.20 bits per heavy atom. The van der Waals surface area contributed by atoms with Crippen LogP contribution >= 0.6 is 11.3 Å². The molecule has 0 aliphatic heterocycles. The molecule has 0 fully saturated rings. The Labute approximate surface area is 123 Å². The Balaban J connectivity index is 1.93. The van der Waals surface area contributed by atoms with E-state index < -0.39 is 0 Å². The summed E-state index contributed by atoms with van der Waals surface area (Å²) in [6.07, 6.45) is 9.75. The van der Waals surface area contributed by atoms with Crippen molar-refractivity contribution < 1.29 is 0 Å². The molecule has 102 valence electrons. The Hall–Kier alpha value is -1.87. The Bertz CT molecular complexity index is 703. The van der Waals surface area contributed by atoms with Crippen molar-refractivity contribution in [2.24, 2.45) is 11.1 Å². The first-order valence-corrected chi connectivity index (χ1v) is 7.58. The molecule has 3 heteroatoms. The number of thiazole rings is 1. The van der Waals surface area contributed by atoms with Gasteiger partial charge in [0, 0.05) is 5.41 Å². The summed E-state index contributed by atoms with van der Waals surface area (Å²) < 4.78 is 1.18. The quantitative estimate of drug-likeness (QED) is 0.880. The van der Waals surface area contributed by atoms with Crippen LogP contribution in [0.15, 0.2) is 54.1 Å². The number of nitrogens with zero attached hydrogens (tertiary/aromatic N) is 1. The number of hydrogen-bond acceptors (Lipinski definition) is 3. The molecule has 0 saturated heterocycles. The lowest BCUT2D eigenvalue weighted by Crippen LogP contribution is -2.13. The van der Waals surface area contributed by atoms with Gasteiger partial charge in [0.1, 0.15) is 5.01 Å². The van der Waals surface area contributed by atoms with Crippen LogP contribution < -0.4 is 5.73 Å².